The van der Waals surface area contributed by atoms with Crippen LogP contribution < -0.4 is 0 Å². The fourth-order valence-corrected chi connectivity index (χ4v) is 3.89. The van der Waals surface area contributed by atoms with Crippen molar-refractivity contribution in [2.24, 2.45) is 0 Å². The maximum absolute atomic E-state index is 12.2. The highest BCUT2D eigenvalue weighted by Crippen LogP contribution is 2.29. The molecule has 0 unspecified atom stereocenters. The molecule has 0 bridgehead atoms. The van der Waals surface area contributed by atoms with Gasteiger partial charge in [0.2, 0.25) is 0 Å². The molecule has 6 nitrogen and oxygen atoms in total. The number of hydrogen-bond donors (Lipinski definition) is 0. The van der Waals surface area contributed by atoms with Gasteiger partial charge in [0.25, 0.3) is 0 Å². The minimum absolute atomic E-state index is 0.0867. The summed E-state index contributed by atoms with van der Waals surface area (Å²) in [6.45, 7) is 6.98. The van der Waals surface area contributed by atoms with Gasteiger partial charge in [-0.25, -0.2) is 9.59 Å². The van der Waals surface area contributed by atoms with Crippen molar-refractivity contribution in [2.75, 3.05) is 25.4 Å². The molecule has 2 saturated heterocycles. The fraction of sp³-hybridized carbons (Fsp3) is 0.556. The van der Waals surface area contributed by atoms with Gasteiger partial charge in [-0.05, 0) is 32.9 Å². The first-order valence-corrected chi connectivity index (χ1v) is 9.45. The van der Waals surface area contributed by atoms with Gasteiger partial charge in [0, 0.05) is 23.7 Å². The third-order valence-corrected chi connectivity index (χ3v) is 5.11. The van der Waals surface area contributed by atoms with Crippen LogP contribution in [0.4, 0.5) is 9.59 Å². The van der Waals surface area contributed by atoms with Crippen LogP contribution in [0.5, 0.6) is 0 Å². The summed E-state index contributed by atoms with van der Waals surface area (Å²) in [5.41, 5.74) is -0.530. The largest absolute Gasteiger partial charge is 0.444 e. The number of hydrogen-bond acceptors (Lipinski definition) is 5. The number of amides is 2. The second-order valence-corrected chi connectivity index (χ2v) is 8.40. The van der Waals surface area contributed by atoms with Gasteiger partial charge in [0.15, 0.2) is 0 Å². The molecule has 0 saturated carbocycles. The van der Waals surface area contributed by atoms with Gasteiger partial charge in [0.1, 0.15) is 11.7 Å². The molecule has 3 rings (SSSR count). The van der Waals surface area contributed by atoms with Crippen molar-refractivity contribution in [1.82, 2.24) is 9.80 Å². The predicted octanol–water partition coefficient (Wildman–Crippen LogP) is 3.22. The van der Waals surface area contributed by atoms with Crippen LogP contribution in [0.25, 0.3) is 0 Å². The van der Waals surface area contributed by atoms with Crippen molar-refractivity contribution in [3.05, 3.63) is 30.3 Å². The van der Waals surface area contributed by atoms with Crippen LogP contribution in [0.3, 0.4) is 0 Å². The first-order valence-electron chi connectivity index (χ1n) is 8.46. The molecule has 2 fully saturated rings. The van der Waals surface area contributed by atoms with E-state index < -0.39 is 5.60 Å². The summed E-state index contributed by atoms with van der Waals surface area (Å²) >= 11 is 1.70. The molecule has 25 heavy (non-hydrogen) atoms. The minimum atomic E-state index is -0.530. The average Bonchev–Trinajstić information content (AvgIpc) is 3.05. The smallest absolute Gasteiger partial charge is 0.410 e. The van der Waals surface area contributed by atoms with Gasteiger partial charge in [-0.2, -0.15) is 0 Å². The summed E-state index contributed by atoms with van der Waals surface area (Å²) in [7, 11) is 0. The molecule has 0 N–H and O–H groups in total. The van der Waals surface area contributed by atoms with E-state index in [2.05, 4.69) is 12.1 Å². The van der Waals surface area contributed by atoms with Gasteiger partial charge in [-0.15, -0.1) is 11.8 Å². The molecule has 1 aromatic rings. The normalized spacial score (nSPS) is 22.8. The van der Waals surface area contributed by atoms with E-state index in [0.29, 0.717) is 19.6 Å². The Morgan fingerprint density at radius 3 is 2.68 bits per heavy atom. The summed E-state index contributed by atoms with van der Waals surface area (Å²) in [5.74, 6) is 0.786. The molecule has 136 valence electrons. The third-order valence-electron chi connectivity index (χ3n) is 4.12. The number of carbonyl (C=O) groups is 2. The highest BCUT2D eigenvalue weighted by atomic mass is 32.2. The first-order chi connectivity index (χ1) is 11.8. The van der Waals surface area contributed by atoms with E-state index in [4.69, 9.17) is 9.47 Å². The third kappa shape index (κ3) is 4.39. The Kier molecular flexibility index (Phi) is 5.13. The summed E-state index contributed by atoms with van der Waals surface area (Å²) in [6.07, 6.45) is -0.897. The molecule has 2 atom stereocenters. The second kappa shape index (κ2) is 7.15. The van der Waals surface area contributed by atoms with Crippen molar-refractivity contribution < 1.29 is 19.1 Å². The lowest BCUT2D eigenvalue weighted by atomic mass is 10.2. The summed E-state index contributed by atoms with van der Waals surface area (Å²) < 4.78 is 10.9. The standard InChI is InChI=1S/C18H24N2O4S/c1-18(2,3)24-16(21)19-11-14-15(12-19)23-17(22)20(14)9-10-25-13-7-5-4-6-8-13/h4-8,14-15H,9-12H2,1-3H3/t14-,15+/m0/s1. The monoisotopic (exact) mass is 364 g/mol. The number of thioether (sulfide) groups is 1. The zero-order chi connectivity index (χ0) is 18.0. The number of likely N-dealkylation sites (tertiary alicyclic amines) is 1. The predicted molar refractivity (Wildman–Crippen MR) is 95.7 cm³/mol. The van der Waals surface area contributed by atoms with Gasteiger partial charge in [0.05, 0.1) is 12.6 Å². The Bertz CT molecular complexity index is 632. The zero-order valence-electron chi connectivity index (χ0n) is 14.8. The van der Waals surface area contributed by atoms with E-state index in [1.807, 2.05) is 39.0 Å². The Hall–Kier alpha value is -1.89. The molecule has 7 heteroatoms. The zero-order valence-corrected chi connectivity index (χ0v) is 15.6. The van der Waals surface area contributed by atoms with Gasteiger partial charge in [-0.1, -0.05) is 18.2 Å². The number of ether oxygens (including phenoxy) is 2. The highest BCUT2D eigenvalue weighted by Gasteiger charge is 2.49. The van der Waals surface area contributed by atoms with Crippen molar-refractivity contribution in [3.63, 3.8) is 0 Å². The number of rotatable bonds is 4. The van der Waals surface area contributed by atoms with Crippen LogP contribution in [0, 0.1) is 0 Å². The van der Waals surface area contributed by atoms with E-state index in [-0.39, 0.29) is 24.3 Å². The van der Waals surface area contributed by atoms with E-state index in [0.717, 1.165) is 5.75 Å². The van der Waals surface area contributed by atoms with Gasteiger partial charge < -0.3 is 14.4 Å². The maximum atomic E-state index is 12.2. The van der Waals surface area contributed by atoms with Gasteiger partial charge >= 0.3 is 12.2 Å². The van der Waals surface area contributed by atoms with Crippen LogP contribution in [0.15, 0.2) is 35.2 Å². The highest BCUT2D eigenvalue weighted by molar-refractivity contribution is 7.99. The molecule has 2 aliphatic rings. The number of fused-ring (bicyclic) bond motifs is 1. The molecule has 0 radical (unpaired) electrons. The van der Waals surface area contributed by atoms with Crippen molar-refractivity contribution >= 4 is 23.9 Å². The Labute approximate surface area is 152 Å². The number of nitrogens with zero attached hydrogens (tertiary/aromatic N) is 2. The van der Waals surface area contributed by atoms with Crippen LogP contribution >= 0.6 is 11.8 Å². The van der Waals surface area contributed by atoms with Crippen LogP contribution in [0.1, 0.15) is 20.8 Å². The second-order valence-electron chi connectivity index (χ2n) is 7.23. The Morgan fingerprint density at radius 1 is 1.28 bits per heavy atom. The lowest BCUT2D eigenvalue weighted by molar-refractivity contribution is 0.0247. The molecule has 0 aromatic heterocycles. The molecule has 1 aromatic carbocycles. The molecule has 0 spiro atoms. The van der Waals surface area contributed by atoms with Crippen molar-refractivity contribution in [2.45, 2.75) is 43.4 Å². The summed E-state index contributed by atoms with van der Waals surface area (Å²) in [6, 6.07) is 9.99. The quantitative estimate of drug-likeness (QED) is 0.768. The Balaban J connectivity index is 1.53. The Morgan fingerprint density at radius 2 is 2.00 bits per heavy atom. The lowest BCUT2D eigenvalue weighted by Gasteiger charge is -2.26. The molecular weight excluding hydrogens is 340 g/mol. The van der Waals surface area contributed by atoms with E-state index in [1.165, 1.54) is 4.90 Å². The molecule has 0 aliphatic carbocycles. The summed E-state index contributed by atoms with van der Waals surface area (Å²) in [5, 5.41) is 0. The molecular formula is C18H24N2O4S. The van der Waals surface area contributed by atoms with E-state index >= 15 is 0 Å². The van der Waals surface area contributed by atoms with Crippen molar-refractivity contribution in [3.8, 4) is 0 Å². The number of carbonyl (C=O) groups excluding carboxylic acids is 2. The average molecular weight is 364 g/mol. The summed E-state index contributed by atoms with van der Waals surface area (Å²) in [4.78, 5) is 28.9. The lowest BCUT2D eigenvalue weighted by Crippen LogP contribution is -2.41. The fourth-order valence-electron chi connectivity index (χ4n) is 3.02. The van der Waals surface area contributed by atoms with Crippen LogP contribution in [-0.2, 0) is 9.47 Å². The van der Waals surface area contributed by atoms with E-state index in [1.54, 1.807) is 21.6 Å². The molecule has 2 amide bonds. The van der Waals surface area contributed by atoms with Crippen LogP contribution in [0.2, 0.25) is 0 Å². The van der Waals surface area contributed by atoms with Crippen LogP contribution in [-0.4, -0.2) is 65.1 Å². The topological polar surface area (TPSA) is 59.1 Å². The SMILES string of the molecule is CC(C)(C)OC(=O)N1C[C@H]2OC(=O)N(CCSc3ccccc3)[C@H]2C1. The number of benzene rings is 1. The first kappa shape index (κ1) is 17.9. The minimum Gasteiger partial charge on any atom is -0.444 e. The van der Waals surface area contributed by atoms with Crippen molar-refractivity contribution in [1.29, 1.82) is 0 Å². The van der Waals surface area contributed by atoms with Gasteiger partial charge in [-0.3, -0.25) is 4.90 Å². The van der Waals surface area contributed by atoms with E-state index in [9.17, 15) is 9.59 Å². The molecule has 2 aliphatic heterocycles. The maximum Gasteiger partial charge on any atom is 0.410 e. The molecule has 2 heterocycles.